The molecule has 1 heterocycles. The first kappa shape index (κ1) is 19.4. The van der Waals surface area contributed by atoms with Crippen LogP contribution in [-0.4, -0.2) is 17.5 Å². The summed E-state index contributed by atoms with van der Waals surface area (Å²) in [4.78, 5) is 16.0. The maximum atomic E-state index is 14.5. The fourth-order valence-corrected chi connectivity index (χ4v) is 2.35. The Hall–Kier alpha value is -2.89. The highest BCUT2D eigenvalue weighted by atomic mass is 19.1. The maximum absolute atomic E-state index is 14.5. The van der Waals surface area contributed by atoms with Gasteiger partial charge in [-0.1, -0.05) is 31.2 Å². The summed E-state index contributed by atoms with van der Waals surface area (Å²) in [5.74, 6) is -0.531. The Morgan fingerprint density at radius 1 is 1.31 bits per heavy atom. The summed E-state index contributed by atoms with van der Waals surface area (Å²) >= 11 is 0. The van der Waals surface area contributed by atoms with Crippen LogP contribution in [0.4, 0.5) is 10.2 Å². The van der Waals surface area contributed by atoms with Crippen molar-refractivity contribution in [1.29, 1.82) is 0 Å². The van der Waals surface area contributed by atoms with Gasteiger partial charge in [-0.2, -0.15) is 0 Å². The number of carbonyl (C=O) groups excluding carboxylic acids is 1. The summed E-state index contributed by atoms with van der Waals surface area (Å²) in [6, 6.07) is 8.09. The molecule has 138 valence electrons. The molecule has 26 heavy (non-hydrogen) atoms. The van der Waals surface area contributed by atoms with Crippen LogP contribution < -0.4 is 15.8 Å². The number of ether oxygens (including phenoxy) is 1. The molecule has 2 aromatic rings. The Balaban J connectivity index is 1.91. The standard InChI is InChI=1S/C20H24FN3O2/c1-2-3-4-5-6-13-26-17-11-7-9-15(18(17)21)14-24-20(25)16-10-8-12-23-19(16)22/h3-4,7-12H,2,5-6,13-14H2,1H3,(H2,22,23)(H,24,25)/b4-3+. The first-order chi connectivity index (χ1) is 12.6. The smallest absolute Gasteiger partial charge is 0.255 e. The molecule has 0 unspecified atom stereocenters. The number of hydrogen-bond donors (Lipinski definition) is 2. The third-order valence-corrected chi connectivity index (χ3v) is 3.74. The van der Waals surface area contributed by atoms with Crippen molar-refractivity contribution in [2.45, 2.75) is 32.7 Å². The number of amides is 1. The van der Waals surface area contributed by atoms with E-state index in [9.17, 15) is 9.18 Å². The van der Waals surface area contributed by atoms with Crippen LogP contribution in [-0.2, 0) is 6.54 Å². The molecule has 0 spiro atoms. The summed E-state index contributed by atoms with van der Waals surface area (Å²) < 4.78 is 20.0. The minimum atomic E-state index is -0.462. The average Bonchev–Trinajstić information content (AvgIpc) is 2.65. The number of carbonyl (C=O) groups is 1. The molecular formula is C20H24FN3O2. The molecule has 3 N–H and O–H groups in total. The van der Waals surface area contributed by atoms with E-state index in [2.05, 4.69) is 29.4 Å². The number of hydrogen-bond acceptors (Lipinski definition) is 4. The molecule has 1 amide bonds. The first-order valence-corrected chi connectivity index (χ1v) is 8.67. The van der Waals surface area contributed by atoms with Gasteiger partial charge in [0.1, 0.15) is 5.82 Å². The van der Waals surface area contributed by atoms with E-state index in [0.717, 1.165) is 19.3 Å². The van der Waals surface area contributed by atoms with Crippen molar-refractivity contribution in [3.8, 4) is 5.75 Å². The third kappa shape index (κ3) is 5.58. The predicted molar refractivity (Wildman–Crippen MR) is 100 cm³/mol. The van der Waals surface area contributed by atoms with Crippen molar-refractivity contribution in [1.82, 2.24) is 10.3 Å². The van der Waals surface area contributed by atoms with Gasteiger partial charge in [-0.15, -0.1) is 0 Å². The molecule has 0 aliphatic rings. The zero-order valence-electron chi connectivity index (χ0n) is 14.9. The molecule has 1 aromatic carbocycles. The van der Waals surface area contributed by atoms with Crippen molar-refractivity contribution in [2.24, 2.45) is 0 Å². The van der Waals surface area contributed by atoms with Crippen LogP contribution in [0.15, 0.2) is 48.7 Å². The quantitative estimate of drug-likeness (QED) is 0.528. The largest absolute Gasteiger partial charge is 0.490 e. The number of halogens is 1. The lowest BCUT2D eigenvalue weighted by molar-refractivity contribution is 0.0951. The SMILES string of the molecule is CC/C=C/CCCOc1cccc(CNC(=O)c2cccnc2N)c1F. The van der Waals surface area contributed by atoms with E-state index in [4.69, 9.17) is 10.5 Å². The van der Waals surface area contributed by atoms with E-state index in [0.29, 0.717) is 12.2 Å². The van der Waals surface area contributed by atoms with Crippen molar-refractivity contribution in [2.75, 3.05) is 12.3 Å². The van der Waals surface area contributed by atoms with Gasteiger partial charge in [0.05, 0.1) is 12.2 Å². The Kier molecular flexibility index (Phi) is 7.61. The number of unbranched alkanes of at least 4 members (excludes halogenated alkanes) is 1. The Bertz CT molecular complexity index is 762. The Labute approximate surface area is 153 Å². The van der Waals surface area contributed by atoms with Crippen LogP contribution in [0.1, 0.15) is 42.1 Å². The Morgan fingerprint density at radius 3 is 2.92 bits per heavy atom. The molecule has 0 saturated heterocycles. The number of nitrogens with two attached hydrogens (primary N) is 1. The van der Waals surface area contributed by atoms with Crippen molar-refractivity contribution in [3.63, 3.8) is 0 Å². The topological polar surface area (TPSA) is 77.2 Å². The lowest BCUT2D eigenvalue weighted by atomic mass is 10.2. The molecule has 6 heteroatoms. The van der Waals surface area contributed by atoms with E-state index in [1.807, 2.05) is 0 Å². The molecular weight excluding hydrogens is 333 g/mol. The Morgan fingerprint density at radius 2 is 2.15 bits per heavy atom. The summed E-state index contributed by atoms with van der Waals surface area (Å²) in [7, 11) is 0. The minimum absolute atomic E-state index is 0.0371. The van der Waals surface area contributed by atoms with Gasteiger partial charge in [-0.05, 0) is 37.5 Å². The molecule has 0 radical (unpaired) electrons. The number of anilines is 1. The van der Waals surface area contributed by atoms with Crippen molar-refractivity contribution < 1.29 is 13.9 Å². The fourth-order valence-electron chi connectivity index (χ4n) is 2.35. The number of nitrogens with zero attached hydrogens (tertiary/aromatic N) is 1. The number of nitrogens with one attached hydrogen (secondary N) is 1. The second kappa shape index (κ2) is 10.2. The lowest BCUT2D eigenvalue weighted by Crippen LogP contribution is -2.24. The second-order valence-corrected chi connectivity index (χ2v) is 5.72. The van der Waals surface area contributed by atoms with Crippen LogP contribution in [0.25, 0.3) is 0 Å². The number of nitrogen functional groups attached to an aromatic ring is 1. The molecule has 0 aliphatic heterocycles. The number of allylic oxidation sites excluding steroid dienone is 2. The minimum Gasteiger partial charge on any atom is -0.490 e. The van der Waals surface area contributed by atoms with Crippen LogP contribution in [0.2, 0.25) is 0 Å². The van der Waals surface area contributed by atoms with Gasteiger partial charge in [0.15, 0.2) is 11.6 Å². The van der Waals surface area contributed by atoms with E-state index in [1.165, 1.54) is 6.20 Å². The van der Waals surface area contributed by atoms with Gasteiger partial charge < -0.3 is 15.8 Å². The van der Waals surface area contributed by atoms with Crippen molar-refractivity contribution >= 4 is 11.7 Å². The monoisotopic (exact) mass is 357 g/mol. The second-order valence-electron chi connectivity index (χ2n) is 5.72. The van der Waals surface area contributed by atoms with E-state index in [1.54, 1.807) is 30.3 Å². The summed E-state index contributed by atoms with van der Waals surface area (Å²) in [6.45, 7) is 2.55. The van der Waals surface area contributed by atoms with Gasteiger partial charge in [-0.3, -0.25) is 4.79 Å². The van der Waals surface area contributed by atoms with Gasteiger partial charge in [0.25, 0.3) is 5.91 Å². The highest BCUT2D eigenvalue weighted by Crippen LogP contribution is 2.21. The van der Waals surface area contributed by atoms with E-state index in [-0.39, 0.29) is 23.7 Å². The summed E-state index contributed by atoms with van der Waals surface area (Å²) in [5, 5.41) is 2.65. The van der Waals surface area contributed by atoms with Gasteiger partial charge in [0, 0.05) is 18.3 Å². The van der Waals surface area contributed by atoms with Crippen LogP contribution >= 0.6 is 0 Å². The number of pyridine rings is 1. The summed E-state index contributed by atoms with van der Waals surface area (Å²) in [5.41, 5.74) is 6.29. The zero-order valence-corrected chi connectivity index (χ0v) is 14.9. The van der Waals surface area contributed by atoms with Gasteiger partial charge in [0.2, 0.25) is 0 Å². The lowest BCUT2D eigenvalue weighted by Gasteiger charge is -2.11. The van der Waals surface area contributed by atoms with E-state index >= 15 is 0 Å². The normalized spacial score (nSPS) is 10.8. The highest BCUT2D eigenvalue weighted by molar-refractivity contribution is 5.98. The predicted octanol–water partition coefficient (Wildman–Crippen LogP) is 3.86. The molecule has 0 aliphatic carbocycles. The van der Waals surface area contributed by atoms with E-state index < -0.39 is 11.7 Å². The van der Waals surface area contributed by atoms with Crippen molar-refractivity contribution in [3.05, 3.63) is 65.6 Å². The third-order valence-electron chi connectivity index (χ3n) is 3.74. The van der Waals surface area contributed by atoms with Gasteiger partial charge >= 0.3 is 0 Å². The van der Waals surface area contributed by atoms with Crippen LogP contribution in [0, 0.1) is 5.82 Å². The van der Waals surface area contributed by atoms with Crippen LogP contribution in [0.3, 0.4) is 0 Å². The highest BCUT2D eigenvalue weighted by Gasteiger charge is 2.13. The molecule has 0 atom stereocenters. The maximum Gasteiger partial charge on any atom is 0.255 e. The first-order valence-electron chi connectivity index (χ1n) is 8.67. The molecule has 5 nitrogen and oxygen atoms in total. The zero-order chi connectivity index (χ0) is 18.8. The number of benzene rings is 1. The number of aromatic nitrogens is 1. The molecule has 0 saturated carbocycles. The average molecular weight is 357 g/mol. The molecule has 0 fully saturated rings. The molecule has 2 rings (SSSR count). The molecule has 0 bridgehead atoms. The fraction of sp³-hybridized carbons (Fsp3) is 0.300. The van der Waals surface area contributed by atoms with Crippen LogP contribution in [0.5, 0.6) is 5.75 Å². The number of rotatable bonds is 9. The van der Waals surface area contributed by atoms with Gasteiger partial charge in [-0.25, -0.2) is 9.37 Å². The summed E-state index contributed by atoms with van der Waals surface area (Å²) in [6.07, 6.45) is 8.42. The molecule has 1 aromatic heterocycles.